The van der Waals surface area contributed by atoms with Gasteiger partial charge in [-0.15, -0.1) is 11.3 Å². The molecule has 1 aromatic heterocycles. The Kier molecular flexibility index (Phi) is 5.15. The van der Waals surface area contributed by atoms with Crippen LogP contribution in [-0.4, -0.2) is 0 Å². The van der Waals surface area contributed by atoms with E-state index in [1.54, 1.807) is 17.4 Å². The topological polar surface area (TPSA) is 12.0 Å². The van der Waals surface area contributed by atoms with Gasteiger partial charge >= 0.3 is 0 Å². The Morgan fingerprint density at radius 1 is 1.00 bits per heavy atom. The van der Waals surface area contributed by atoms with Crippen LogP contribution in [0.2, 0.25) is 14.4 Å². The van der Waals surface area contributed by atoms with Gasteiger partial charge in [0.1, 0.15) is 0 Å². The fourth-order valence-electron chi connectivity index (χ4n) is 1.96. The molecule has 2 aromatic rings. The van der Waals surface area contributed by atoms with Crippen LogP contribution in [0.15, 0.2) is 30.3 Å². The van der Waals surface area contributed by atoms with Crippen molar-refractivity contribution in [2.75, 3.05) is 0 Å². The fraction of sp³-hybridized carbons (Fsp3) is 0.286. The number of hydrogen-bond donors (Lipinski definition) is 1. The minimum absolute atomic E-state index is 0.139. The number of rotatable bonds is 4. The largest absolute Gasteiger partial charge is 0.303 e. The summed E-state index contributed by atoms with van der Waals surface area (Å²) in [7, 11) is 0. The van der Waals surface area contributed by atoms with Crippen LogP contribution < -0.4 is 5.32 Å². The second kappa shape index (κ2) is 6.47. The van der Waals surface area contributed by atoms with E-state index in [0.29, 0.717) is 10.0 Å². The monoisotopic (exact) mass is 333 g/mol. The van der Waals surface area contributed by atoms with Crippen LogP contribution in [-0.2, 0) is 0 Å². The molecule has 2 rings (SSSR count). The van der Waals surface area contributed by atoms with Crippen LogP contribution in [0.25, 0.3) is 0 Å². The summed E-state index contributed by atoms with van der Waals surface area (Å²) in [4.78, 5) is 1.21. The molecule has 2 unspecified atom stereocenters. The van der Waals surface area contributed by atoms with Gasteiger partial charge < -0.3 is 5.32 Å². The molecule has 5 heteroatoms. The van der Waals surface area contributed by atoms with Crippen molar-refractivity contribution < 1.29 is 0 Å². The van der Waals surface area contributed by atoms with Gasteiger partial charge in [0.2, 0.25) is 0 Å². The molecule has 102 valence electrons. The maximum atomic E-state index is 6.22. The van der Waals surface area contributed by atoms with Gasteiger partial charge in [-0.3, -0.25) is 0 Å². The fourth-order valence-corrected chi connectivity index (χ4v) is 3.61. The minimum atomic E-state index is 0.139. The molecule has 1 N–H and O–H groups in total. The average Bonchev–Trinajstić information content (AvgIpc) is 2.75. The molecule has 1 aromatic carbocycles. The summed E-state index contributed by atoms with van der Waals surface area (Å²) < 4.78 is 0.806. The first-order valence-electron chi connectivity index (χ1n) is 5.93. The maximum Gasteiger partial charge on any atom is 0.0931 e. The zero-order valence-corrected chi connectivity index (χ0v) is 13.7. The summed E-state index contributed by atoms with van der Waals surface area (Å²) in [6.45, 7) is 4.20. The Hall–Kier alpha value is -0.250. The van der Waals surface area contributed by atoms with Crippen LogP contribution in [0, 0.1) is 0 Å². The predicted octanol–water partition coefficient (Wildman–Crippen LogP) is 6.12. The maximum absolute atomic E-state index is 6.22. The third-order valence-corrected chi connectivity index (χ3v) is 4.93. The molecule has 2 atom stereocenters. The lowest BCUT2D eigenvalue weighted by Crippen LogP contribution is -2.22. The molecule has 0 bridgehead atoms. The summed E-state index contributed by atoms with van der Waals surface area (Å²) in [5.41, 5.74) is 1.04. The van der Waals surface area contributed by atoms with Crippen LogP contribution in [0.4, 0.5) is 0 Å². The molecule has 0 amide bonds. The molecule has 19 heavy (non-hydrogen) atoms. The van der Waals surface area contributed by atoms with Crippen LogP contribution >= 0.6 is 46.1 Å². The van der Waals surface area contributed by atoms with E-state index in [4.69, 9.17) is 34.8 Å². The number of benzene rings is 1. The van der Waals surface area contributed by atoms with Crippen LogP contribution in [0.5, 0.6) is 0 Å². The molecule has 0 radical (unpaired) electrons. The third kappa shape index (κ3) is 3.87. The molecular formula is C14H14Cl3NS. The molecule has 0 aliphatic carbocycles. The smallest absolute Gasteiger partial charge is 0.0931 e. The number of halogens is 3. The molecule has 0 aliphatic rings. The van der Waals surface area contributed by atoms with Crippen molar-refractivity contribution in [3.8, 4) is 0 Å². The van der Waals surface area contributed by atoms with Crippen LogP contribution in [0.1, 0.15) is 36.4 Å². The summed E-state index contributed by atoms with van der Waals surface area (Å²) >= 11 is 19.7. The van der Waals surface area contributed by atoms with E-state index in [2.05, 4.69) is 19.2 Å². The highest BCUT2D eigenvalue weighted by atomic mass is 35.5. The molecule has 0 fully saturated rings. The predicted molar refractivity (Wildman–Crippen MR) is 85.8 cm³/mol. The van der Waals surface area contributed by atoms with E-state index in [9.17, 15) is 0 Å². The quantitative estimate of drug-likeness (QED) is 0.710. The average molecular weight is 335 g/mol. The molecule has 0 aliphatic heterocycles. The Labute approximate surface area is 132 Å². The highest BCUT2D eigenvalue weighted by Gasteiger charge is 2.15. The SMILES string of the molecule is CC(NC(C)c1ccc(Cl)cc1Cl)c1ccc(Cl)s1. The van der Waals surface area contributed by atoms with Gasteiger partial charge in [-0.05, 0) is 43.7 Å². The second-order valence-corrected chi connectivity index (χ2v) is 7.01. The van der Waals surface area contributed by atoms with E-state index in [0.717, 1.165) is 9.90 Å². The number of thiophene rings is 1. The zero-order valence-electron chi connectivity index (χ0n) is 10.6. The summed E-state index contributed by atoms with van der Waals surface area (Å²) in [5.74, 6) is 0. The van der Waals surface area contributed by atoms with Crippen molar-refractivity contribution in [2.45, 2.75) is 25.9 Å². The van der Waals surface area contributed by atoms with Crippen molar-refractivity contribution in [3.63, 3.8) is 0 Å². The van der Waals surface area contributed by atoms with Crippen molar-refractivity contribution >= 4 is 46.1 Å². The zero-order chi connectivity index (χ0) is 14.0. The lowest BCUT2D eigenvalue weighted by molar-refractivity contribution is 0.500. The normalized spacial score (nSPS) is 14.4. The summed E-state index contributed by atoms with van der Waals surface area (Å²) in [6.07, 6.45) is 0. The van der Waals surface area contributed by atoms with Crippen LogP contribution in [0.3, 0.4) is 0 Å². The molecular weight excluding hydrogens is 321 g/mol. The van der Waals surface area contributed by atoms with Crippen molar-refractivity contribution in [2.24, 2.45) is 0 Å². The lowest BCUT2D eigenvalue weighted by Gasteiger charge is -2.20. The Morgan fingerprint density at radius 2 is 1.74 bits per heavy atom. The molecule has 0 saturated carbocycles. The second-order valence-electron chi connectivity index (χ2n) is 4.42. The first-order chi connectivity index (χ1) is 8.97. The summed E-state index contributed by atoms with van der Waals surface area (Å²) in [6, 6.07) is 9.90. The number of nitrogens with one attached hydrogen (secondary N) is 1. The molecule has 0 saturated heterocycles. The third-order valence-electron chi connectivity index (χ3n) is 2.95. The van der Waals surface area contributed by atoms with Crippen molar-refractivity contribution in [1.29, 1.82) is 0 Å². The van der Waals surface area contributed by atoms with Crippen molar-refractivity contribution in [3.05, 3.63) is 55.2 Å². The van der Waals surface area contributed by atoms with Gasteiger partial charge in [0, 0.05) is 27.0 Å². The van der Waals surface area contributed by atoms with E-state index in [1.807, 2.05) is 24.3 Å². The Bertz CT molecular complexity index is 568. The highest BCUT2D eigenvalue weighted by molar-refractivity contribution is 7.16. The van der Waals surface area contributed by atoms with Gasteiger partial charge in [0.15, 0.2) is 0 Å². The van der Waals surface area contributed by atoms with Gasteiger partial charge in [0.05, 0.1) is 4.34 Å². The Morgan fingerprint density at radius 3 is 2.32 bits per heavy atom. The highest BCUT2D eigenvalue weighted by Crippen LogP contribution is 2.31. The van der Waals surface area contributed by atoms with Crippen molar-refractivity contribution in [1.82, 2.24) is 5.32 Å². The van der Waals surface area contributed by atoms with Gasteiger partial charge in [0.25, 0.3) is 0 Å². The van der Waals surface area contributed by atoms with E-state index < -0.39 is 0 Å². The first kappa shape index (κ1) is 15.1. The van der Waals surface area contributed by atoms with E-state index in [-0.39, 0.29) is 12.1 Å². The Balaban J connectivity index is 2.10. The molecule has 0 spiro atoms. The van der Waals surface area contributed by atoms with E-state index in [1.165, 1.54) is 4.88 Å². The van der Waals surface area contributed by atoms with Gasteiger partial charge in [-0.25, -0.2) is 0 Å². The molecule has 1 heterocycles. The summed E-state index contributed by atoms with van der Waals surface area (Å²) in [5, 5.41) is 4.85. The first-order valence-corrected chi connectivity index (χ1v) is 7.88. The standard InChI is InChI=1S/C14H14Cl3NS/c1-8(11-4-3-10(15)7-12(11)16)18-9(2)13-5-6-14(17)19-13/h3-9,18H,1-2H3. The van der Waals surface area contributed by atoms with Gasteiger partial charge in [-0.1, -0.05) is 40.9 Å². The minimum Gasteiger partial charge on any atom is -0.303 e. The lowest BCUT2D eigenvalue weighted by atomic mass is 10.1. The molecule has 1 nitrogen and oxygen atoms in total. The van der Waals surface area contributed by atoms with E-state index >= 15 is 0 Å². The number of hydrogen-bond acceptors (Lipinski definition) is 2. The van der Waals surface area contributed by atoms with Gasteiger partial charge in [-0.2, -0.15) is 0 Å².